The van der Waals surface area contributed by atoms with Crippen molar-refractivity contribution in [2.75, 3.05) is 45.9 Å². The second-order valence-electron chi connectivity index (χ2n) is 8.45. The van der Waals surface area contributed by atoms with Gasteiger partial charge in [-0.05, 0) is 29.9 Å². The summed E-state index contributed by atoms with van der Waals surface area (Å²) < 4.78 is 5.48. The molecule has 2 fully saturated rings. The van der Waals surface area contributed by atoms with Crippen molar-refractivity contribution < 1.29 is 19.4 Å². The molecular weight excluding hydrogens is 370 g/mol. The van der Waals surface area contributed by atoms with Gasteiger partial charge in [-0.15, -0.1) is 0 Å². The van der Waals surface area contributed by atoms with Gasteiger partial charge in [-0.1, -0.05) is 24.3 Å². The first-order valence-electron chi connectivity index (χ1n) is 10.7. The molecule has 7 nitrogen and oxygen atoms in total. The molecule has 1 N–H and O–H groups in total. The molecule has 0 bridgehead atoms. The third-order valence-electron chi connectivity index (χ3n) is 6.56. The first-order valence-corrected chi connectivity index (χ1v) is 10.7. The Labute approximate surface area is 172 Å². The number of ether oxygens (including phenoxy) is 1. The van der Waals surface area contributed by atoms with Gasteiger partial charge >= 0.3 is 5.97 Å². The van der Waals surface area contributed by atoms with E-state index in [0.717, 1.165) is 52.4 Å². The highest BCUT2D eigenvalue weighted by Gasteiger charge is 2.36. The minimum Gasteiger partial charge on any atom is -0.481 e. The van der Waals surface area contributed by atoms with Crippen molar-refractivity contribution in [3.05, 3.63) is 35.4 Å². The van der Waals surface area contributed by atoms with Gasteiger partial charge in [0.05, 0.1) is 19.8 Å². The van der Waals surface area contributed by atoms with E-state index in [1.807, 2.05) is 17.0 Å². The van der Waals surface area contributed by atoms with Crippen LogP contribution in [-0.2, 0) is 27.4 Å². The van der Waals surface area contributed by atoms with Crippen LogP contribution in [0.3, 0.4) is 0 Å². The van der Waals surface area contributed by atoms with E-state index in [0.29, 0.717) is 25.6 Å². The maximum absolute atomic E-state index is 13.0. The van der Waals surface area contributed by atoms with Gasteiger partial charge in [0.25, 0.3) is 0 Å². The molecule has 0 saturated carbocycles. The quantitative estimate of drug-likeness (QED) is 0.777. The Morgan fingerprint density at radius 2 is 1.76 bits per heavy atom. The summed E-state index contributed by atoms with van der Waals surface area (Å²) in [6.07, 6.45) is 1.70. The number of carboxylic acid groups (broad SMARTS) is 1. The fraction of sp³-hybridized carbons (Fsp3) is 0.636. The summed E-state index contributed by atoms with van der Waals surface area (Å²) in [6.45, 7) is 6.77. The van der Waals surface area contributed by atoms with Gasteiger partial charge in [-0.2, -0.15) is 0 Å². The van der Waals surface area contributed by atoms with E-state index in [1.54, 1.807) is 0 Å². The van der Waals surface area contributed by atoms with E-state index in [2.05, 4.69) is 21.9 Å². The highest BCUT2D eigenvalue weighted by molar-refractivity contribution is 5.78. The van der Waals surface area contributed by atoms with Crippen molar-refractivity contribution in [1.82, 2.24) is 14.7 Å². The molecule has 0 aliphatic carbocycles. The molecule has 0 spiro atoms. The van der Waals surface area contributed by atoms with Crippen LogP contribution in [0.4, 0.5) is 0 Å². The summed E-state index contributed by atoms with van der Waals surface area (Å²) in [4.78, 5) is 30.8. The van der Waals surface area contributed by atoms with Crippen LogP contribution in [0.5, 0.6) is 0 Å². The normalized spacial score (nSPS) is 25.7. The molecule has 3 aliphatic rings. The second kappa shape index (κ2) is 9.24. The van der Waals surface area contributed by atoms with Gasteiger partial charge < -0.3 is 14.7 Å². The van der Waals surface area contributed by atoms with Crippen molar-refractivity contribution in [1.29, 1.82) is 0 Å². The van der Waals surface area contributed by atoms with Gasteiger partial charge in [0.15, 0.2) is 0 Å². The van der Waals surface area contributed by atoms with Crippen LogP contribution in [0.2, 0.25) is 0 Å². The zero-order chi connectivity index (χ0) is 20.2. The number of benzene rings is 1. The summed E-state index contributed by atoms with van der Waals surface area (Å²) in [7, 11) is 0. The fourth-order valence-electron chi connectivity index (χ4n) is 5.04. The molecule has 0 aromatic heterocycles. The monoisotopic (exact) mass is 401 g/mol. The second-order valence-corrected chi connectivity index (χ2v) is 8.45. The molecule has 0 radical (unpaired) electrons. The maximum atomic E-state index is 13.0. The molecule has 158 valence electrons. The largest absolute Gasteiger partial charge is 0.481 e. The Morgan fingerprint density at radius 1 is 1.07 bits per heavy atom. The summed E-state index contributed by atoms with van der Waals surface area (Å²) in [5.41, 5.74) is 2.62. The molecule has 1 aromatic rings. The topological polar surface area (TPSA) is 73.3 Å². The predicted molar refractivity (Wildman–Crippen MR) is 108 cm³/mol. The lowest BCUT2D eigenvalue weighted by Crippen LogP contribution is -2.56. The number of likely N-dealkylation sites (tertiary alicyclic amines) is 1. The van der Waals surface area contributed by atoms with E-state index in [1.165, 1.54) is 11.1 Å². The molecule has 7 heteroatoms. The predicted octanol–water partition coefficient (Wildman–Crippen LogP) is 1.42. The summed E-state index contributed by atoms with van der Waals surface area (Å²) in [6, 6.07) is 8.71. The van der Waals surface area contributed by atoms with Gasteiger partial charge in [-0.25, -0.2) is 0 Å². The van der Waals surface area contributed by atoms with Gasteiger partial charge in [0.2, 0.25) is 5.91 Å². The number of rotatable bonds is 6. The Morgan fingerprint density at radius 3 is 2.41 bits per heavy atom. The molecular formula is C22H31N3O4. The Bertz CT molecular complexity index is 710. The van der Waals surface area contributed by atoms with Crippen molar-refractivity contribution in [2.45, 2.75) is 38.4 Å². The lowest BCUT2D eigenvalue weighted by Gasteiger charge is -2.45. The van der Waals surface area contributed by atoms with Crippen molar-refractivity contribution >= 4 is 11.9 Å². The number of carboxylic acids is 1. The molecule has 1 aromatic carbocycles. The van der Waals surface area contributed by atoms with E-state index in [9.17, 15) is 14.7 Å². The fourth-order valence-corrected chi connectivity index (χ4v) is 5.04. The standard InChI is InChI=1S/C22H31N3O4/c26-21(16-23-13-17-3-1-2-4-18(17)14-23)25-8-7-20(24-9-11-29-12-10-24)19(15-25)5-6-22(27)28/h1-4,19-20H,5-16H2,(H,27,28). The maximum Gasteiger partial charge on any atom is 0.303 e. The molecule has 2 atom stereocenters. The molecule has 29 heavy (non-hydrogen) atoms. The summed E-state index contributed by atoms with van der Waals surface area (Å²) in [5, 5.41) is 9.17. The number of aliphatic carboxylic acids is 1. The number of hydrogen-bond donors (Lipinski definition) is 1. The minimum atomic E-state index is -0.760. The van der Waals surface area contributed by atoms with Gasteiger partial charge in [0, 0.05) is 51.7 Å². The zero-order valence-electron chi connectivity index (χ0n) is 17.0. The third kappa shape index (κ3) is 4.97. The molecule has 3 heterocycles. The average molecular weight is 402 g/mol. The number of piperidine rings is 1. The van der Waals surface area contributed by atoms with Crippen molar-refractivity contribution in [3.63, 3.8) is 0 Å². The number of hydrogen-bond acceptors (Lipinski definition) is 5. The molecule has 3 aliphatic heterocycles. The molecule has 1 amide bonds. The van der Waals surface area contributed by atoms with Crippen LogP contribution in [0.15, 0.2) is 24.3 Å². The zero-order valence-corrected chi connectivity index (χ0v) is 17.0. The van der Waals surface area contributed by atoms with Gasteiger partial charge in [0.1, 0.15) is 0 Å². The molecule has 2 saturated heterocycles. The highest BCUT2D eigenvalue weighted by Crippen LogP contribution is 2.28. The number of carbonyl (C=O) groups is 2. The lowest BCUT2D eigenvalue weighted by atomic mass is 9.86. The van der Waals surface area contributed by atoms with Crippen LogP contribution in [0.1, 0.15) is 30.4 Å². The Balaban J connectivity index is 1.35. The lowest BCUT2D eigenvalue weighted by molar-refractivity contribution is -0.138. The smallest absolute Gasteiger partial charge is 0.303 e. The van der Waals surface area contributed by atoms with E-state index < -0.39 is 5.97 Å². The van der Waals surface area contributed by atoms with Crippen molar-refractivity contribution in [3.8, 4) is 0 Å². The third-order valence-corrected chi connectivity index (χ3v) is 6.56. The first-order chi connectivity index (χ1) is 14.1. The summed E-state index contributed by atoms with van der Waals surface area (Å²) in [5.74, 6) is -0.389. The number of carbonyl (C=O) groups excluding carboxylic acids is 1. The Hall–Kier alpha value is -1.96. The first kappa shape index (κ1) is 20.3. The van der Waals surface area contributed by atoms with Crippen LogP contribution in [0, 0.1) is 5.92 Å². The number of fused-ring (bicyclic) bond motifs is 1. The number of amides is 1. The van der Waals surface area contributed by atoms with Crippen LogP contribution in [-0.4, -0.2) is 83.7 Å². The van der Waals surface area contributed by atoms with Crippen LogP contribution >= 0.6 is 0 Å². The number of morpholine rings is 1. The highest BCUT2D eigenvalue weighted by atomic mass is 16.5. The van der Waals surface area contributed by atoms with E-state index >= 15 is 0 Å². The van der Waals surface area contributed by atoms with Crippen LogP contribution < -0.4 is 0 Å². The molecule has 4 rings (SSSR count). The van der Waals surface area contributed by atoms with E-state index in [-0.39, 0.29) is 18.2 Å². The van der Waals surface area contributed by atoms with Gasteiger partial charge in [-0.3, -0.25) is 19.4 Å². The number of nitrogens with zero attached hydrogens (tertiary/aromatic N) is 3. The SMILES string of the molecule is O=C(O)CCC1CN(C(=O)CN2Cc3ccccc3C2)CCC1N1CCOCC1. The minimum absolute atomic E-state index is 0.162. The molecule has 2 unspecified atom stereocenters. The van der Waals surface area contributed by atoms with Crippen LogP contribution in [0.25, 0.3) is 0 Å². The summed E-state index contributed by atoms with van der Waals surface area (Å²) >= 11 is 0. The van der Waals surface area contributed by atoms with Crippen molar-refractivity contribution in [2.24, 2.45) is 5.92 Å². The van der Waals surface area contributed by atoms with E-state index in [4.69, 9.17) is 4.74 Å². The Kier molecular flexibility index (Phi) is 6.47. The average Bonchev–Trinajstić information content (AvgIpc) is 3.15.